The summed E-state index contributed by atoms with van der Waals surface area (Å²) in [5, 5.41) is 0.792. The summed E-state index contributed by atoms with van der Waals surface area (Å²) in [5.41, 5.74) is 3.72. The van der Waals surface area contributed by atoms with Gasteiger partial charge >= 0.3 is 0 Å². The second-order valence-corrected chi connectivity index (χ2v) is 6.07. The van der Waals surface area contributed by atoms with Crippen LogP contribution in [0.2, 0.25) is 5.02 Å². The second-order valence-electron chi connectivity index (χ2n) is 5.66. The van der Waals surface area contributed by atoms with Crippen LogP contribution in [0.4, 0.5) is 0 Å². The zero-order valence-corrected chi connectivity index (χ0v) is 14.7. The average molecular weight is 350 g/mol. The molecule has 0 aliphatic carbocycles. The number of halogens is 2. The molecule has 0 atom stereocenters. The number of nitrogens with zero attached hydrogens (tertiary/aromatic N) is 1. The van der Waals surface area contributed by atoms with Gasteiger partial charge in [-0.15, -0.1) is 12.4 Å². The molecule has 0 bridgehead atoms. The number of likely N-dealkylation sites (N-methyl/N-ethyl adjacent to an activating group) is 1. The predicted octanol–water partition coefficient (Wildman–Crippen LogP) is 4.84. The molecule has 4 heteroatoms. The van der Waals surface area contributed by atoms with Crippen molar-refractivity contribution in [2.75, 3.05) is 20.2 Å². The first-order chi connectivity index (χ1) is 10.7. The van der Waals surface area contributed by atoms with Crippen LogP contribution in [0.1, 0.15) is 16.7 Å². The van der Waals surface area contributed by atoms with Gasteiger partial charge in [0.2, 0.25) is 0 Å². The van der Waals surface area contributed by atoms with E-state index in [1.165, 1.54) is 11.1 Å². The highest BCUT2D eigenvalue weighted by Crippen LogP contribution is 2.26. The van der Waals surface area contributed by atoms with Crippen LogP contribution in [0.25, 0.3) is 6.08 Å². The van der Waals surface area contributed by atoms with Crippen molar-refractivity contribution in [1.82, 2.24) is 4.90 Å². The minimum Gasteiger partial charge on any atom is -0.493 e. The maximum Gasteiger partial charge on any atom is 0.122 e. The van der Waals surface area contributed by atoms with Gasteiger partial charge in [0.25, 0.3) is 0 Å². The third-order valence-corrected chi connectivity index (χ3v) is 4.17. The van der Waals surface area contributed by atoms with E-state index in [2.05, 4.69) is 42.3 Å². The van der Waals surface area contributed by atoms with Gasteiger partial charge in [0, 0.05) is 24.5 Å². The van der Waals surface area contributed by atoms with Crippen molar-refractivity contribution in [3.63, 3.8) is 0 Å². The lowest BCUT2D eigenvalue weighted by Gasteiger charge is -2.15. The molecule has 3 rings (SSSR count). The lowest BCUT2D eigenvalue weighted by Crippen LogP contribution is -2.17. The summed E-state index contributed by atoms with van der Waals surface area (Å²) in [6.45, 7) is 2.63. The molecular weight excluding hydrogens is 329 g/mol. The number of hydrogen-bond acceptors (Lipinski definition) is 2. The minimum absolute atomic E-state index is 0. The van der Waals surface area contributed by atoms with Crippen molar-refractivity contribution in [3.05, 3.63) is 70.3 Å². The van der Waals surface area contributed by atoms with Crippen molar-refractivity contribution in [3.8, 4) is 5.75 Å². The summed E-state index contributed by atoms with van der Waals surface area (Å²) in [6.07, 6.45) is 5.26. The largest absolute Gasteiger partial charge is 0.493 e. The highest BCUT2D eigenvalue weighted by molar-refractivity contribution is 6.32. The lowest BCUT2D eigenvalue weighted by atomic mass is 10.1. The molecule has 2 aromatic carbocycles. The Bertz CT molecular complexity index is 685. The monoisotopic (exact) mass is 349 g/mol. The number of rotatable bonds is 5. The van der Waals surface area contributed by atoms with E-state index in [0.29, 0.717) is 0 Å². The lowest BCUT2D eigenvalue weighted by molar-refractivity contribution is 0.356. The van der Waals surface area contributed by atoms with Crippen molar-refractivity contribution in [2.24, 2.45) is 0 Å². The van der Waals surface area contributed by atoms with Crippen molar-refractivity contribution in [1.29, 1.82) is 0 Å². The van der Waals surface area contributed by atoms with Gasteiger partial charge in [0.15, 0.2) is 0 Å². The normalized spacial score (nSPS) is 13.0. The van der Waals surface area contributed by atoms with E-state index in [9.17, 15) is 0 Å². The Kier molecular flexibility index (Phi) is 6.52. The van der Waals surface area contributed by atoms with E-state index in [-0.39, 0.29) is 12.4 Å². The van der Waals surface area contributed by atoms with Gasteiger partial charge in [-0.3, -0.25) is 4.90 Å². The van der Waals surface area contributed by atoms with Crippen molar-refractivity contribution in [2.45, 2.75) is 13.0 Å². The maximum absolute atomic E-state index is 6.15. The molecule has 1 aliphatic rings. The summed E-state index contributed by atoms with van der Waals surface area (Å²) >= 11 is 6.15. The Hall–Kier alpha value is -1.48. The van der Waals surface area contributed by atoms with Crippen LogP contribution in [0.5, 0.6) is 5.75 Å². The van der Waals surface area contributed by atoms with Gasteiger partial charge in [0.1, 0.15) is 5.75 Å². The number of benzene rings is 2. The molecule has 122 valence electrons. The van der Waals surface area contributed by atoms with E-state index < -0.39 is 0 Å². The third kappa shape index (κ3) is 4.74. The summed E-state index contributed by atoms with van der Waals surface area (Å²) < 4.78 is 5.55. The summed E-state index contributed by atoms with van der Waals surface area (Å²) in [5.74, 6) is 1.05. The zero-order chi connectivity index (χ0) is 15.4. The Morgan fingerprint density at radius 3 is 2.87 bits per heavy atom. The van der Waals surface area contributed by atoms with E-state index in [0.717, 1.165) is 42.5 Å². The predicted molar refractivity (Wildman–Crippen MR) is 99.7 cm³/mol. The zero-order valence-electron chi connectivity index (χ0n) is 13.2. The molecule has 2 aromatic rings. The maximum atomic E-state index is 6.15. The minimum atomic E-state index is 0. The van der Waals surface area contributed by atoms with Crippen LogP contribution >= 0.6 is 24.0 Å². The fourth-order valence-electron chi connectivity index (χ4n) is 2.68. The molecule has 2 nitrogen and oxygen atoms in total. The highest BCUT2D eigenvalue weighted by atomic mass is 35.5. The van der Waals surface area contributed by atoms with Crippen LogP contribution in [-0.2, 0) is 13.0 Å². The molecule has 0 radical (unpaired) electrons. The number of fused-ring (bicyclic) bond motifs is 1. The van der Waals surface area contributed by atoms with Gasteiger partial charge in [-0.25, -0.2) is 0 Å². The van der Waals surface area contributed by atoms with Gasteiger partial charge < -0.3 is 4.74 Å². The van der Waals surface area contributed by atoms with Crippen LogP contribution in [0, 0.1) is 0 Å². The van der Waals surface area contributed by atoms with E-state index in [4.69, 9.17) is 16.3 Å². The topological polar surface area (TPSA) is 12.5 Å². The van der Waals surface area contributed by atoms with Crippen molar-refractivity contribution < 1.29 is 4.74 Å². The second kappa shape index (κ2) is 8.39. The fourth-order valence-corrected chi connectivity index (χ4v) is 2.88. The van der Waals surface area contributed by atoms with E-state index in [1.807, 2.05) is 24.3 Å². The molecule has 23 heavy (non-hydrogen) atoms. The fraction of sp³-hybridized carbons (Fsp3) is 0.263. The first kappa shape index (κ1) is 17.9. The van der Waals surface area contributed by atoms with E-state index >= 15 is 0 Å². The average Bonchev–Trinajstić information content (AvgIpc) is 2.97. The molecule has 0 unspecified atom stereocenters. The molecule has 0 aromatic heterocycles. The molecule has 0 saturated heterocycles. The molecule has 1 heterocycles. The molecule has 0 saturated carbocycles. The van der Waals surface area contributed by atoms with Crippen LogP contribution < -0.4 is 4.74 Å². The van der Waals surface area contributed by atoms with Gasteiger partial charge in [-0.2, -0.15) is 0 Å². The number of hydrogen-bond donors (Lipinski definition) is 0. The summed E-state index contributed by atoms with van der Waals surface area (Å²) in [7, 11) is 2.13. The highest BCUT2D eigenvalue weighted by Gasteiger charge is 2.12. The van der Waals surface area contributed by atoms with Gasteiger partial charge in [-0.1, -0.05) is 54.1 Å². The van der Waals surface area contributed by atoms with E-state index in [1.54, 1.807) is 0 Å². The van der Waals surface area contributed by atoms with Crippen LogP contribution in [-0.4, -0.2) is 25.1 Å². The number of ether oxygens (including phenoxy) is 1. The first-order valence-corrected chi connectivity index (χ1v) is 7.94. The Balaban J connectivity index is 0.00000192. The Labute approximate surface area is 149 Å². The smallest absolute Gasteiger partial charge is 0.122 e. The molecule has 0 amide bonds. The molecule has 0 spiro atoms. The third-order valence-electron chi connectivity index (χ3n) is 3.83. The summed E-state index contributed by atoms with van der Waals surface area (Å²) in [6, 6.07) is 14.4. The first-order valence-electron chi connectivity index (χ1n) is 7.56. The van der Waals surface area contributed by atoms with Crippen molar-refractivity contribution >= 4 is 30.1 Å². The molecule has 0 N–H and O–H groups in total. The van der Waals surface area contributed by atoms with Crippen LogP contribution in [0.3, 0.4) is 0 Å². The van der Waals surface area contributed by atoms with Crippen LogP contribution in [0.15, 0.2) is 48.5 Å². The van der Waals surface area contributed by atoms with Gasteiger partial charge in [0.05, 0.1) is 6.61 Å². The Morgan fingerprint density at radius 2 is 2.04 bits per heavy atom. The Morgan fingerprint density at radius 1 is 1.22 bits per heavy atom. The SMILES string of the molecule is CN(C/C=C/c1ccccc1Cl)Cc1ccc2c(c1)CCO2.Cl. The standard InChI is InChI=1S/C19H20ClNO.ClH/c1-21(11-4-6-16-5-2-3-7-18(16)20)14-15-8-9-19-17(13-15)10-12-22-19;/h2-9,13H,10-12,14H2,1H3;1H/b6-4+;. The summed E-state index contributed by atoms with van der Waals surface area (Å²) in [4.78, 5) is 2.28. The molecule has 0 fully saturated rings. The quantitative estimate of drug-likeness (QED) is 0.765. The molecular formula is C19H21Cl2NO. The molecule has 1 aliphatic heterocycles. The van der Waals surface area contributed by atoms with Gasteiger partial charge in [-0.05, 0) is 35.9 Å².